The van der Waals surface area contributed by atoms with Crippen molar-refractivity contribution >= 4 is 23.3 Å². The van der Waals surface area contributed by atoms with E-state index in [1.807, 2.05) is 4.90 Å². The maximum Gasteiger partial charge on any atom is 0.308 e. The fourth-order valence-corrected chi connectivity index (χ4v) is 2.16. The predicted molar refractivity (Wildman–Crippen MR) is 61.1 cm³/mol. The summed E-state index contributed by atoms with van der Waals surface area (Å²) in [6, 6.07) is 4.78. The maximum absolute atomic E-state index is 10.8. The van der Waals surface area contributed by atoms with Gasteiger partial charge in [-0.2, -0.15) is 0 Å². The summed E-state index contributed by atoms with van der Waals surface area (Å²) in [5.41, 5.74) is 0.772. The van der Waals surface area contributed by atoms with Gasteiger partial charge in [-0.05, 0) is 18.6 Å². The van der Waals surface area contributed by atoms with Gasteiger partial charge < -0.3 is 15.1 Å². The molecule has 0 aliphatic carbocycles. The molecule has 0 amide bonds. The molecule has 1 unspecified atom stereocenters. The number of hydrogen-bond acceptors (Lipinski definition) is 3. The summed E-state index contributed by atoms with van der Waals surface area (Å²) >= 11 is 5.82. The quantitative estimate of drug-likeness (QED) is 0.831. The molecule has 1 atom stereocenters. The van der Waals surface area contributed by atoms with Crippen LogP contribution in [0.4, 0.5) is 5.69 Å². The lowest BCUT2D eigenvalue weighted by molar-refractivity contribution is -0.140. The lowest BCUT2D eigenvalue weighted by Crippen LogP contribution is -2.22. The monoisotopic (exact) mass is 241 g/mol. The Labute approximate surface area is 98.1 Å². The molecule has 2 rings (SSSR count). The van der Waals surface area contributed by atoms with Gasteiger partial charge in [-0.1, -0.05) is 11.6 Å². The van der Waals surface area contributed by atoms with Crippen molar-refractivity contribution < 1.29 is 15.0 Å². The van der Waals surface area contributed by atoms with Crippen molar-refractivity contribution in [1.82, 2.24) is 0 Å². The Balaban J connectivity index is 2.17. The summed E-state index contributed by atoms with van der Waals surface area (Å²) < 4.78 is 0. The zero-order chi connectivity index (χ0) is 11.7. The number of carboxylic acids is 1. The first-order chi connectivity index (χ1) is 7.56. The van der Waals surface area contributed by atoms with Crippen LogP contribution in [0.5, 0.6) is 5.75 Å². The van der Waals surface area contributed by atoms with Crippen LogP contribution >= 0.6 is 11.6 Å². The Morgan fingerprint density at radius 2 is 2.19 bits per heavy atom. The minimum Gasteiger partial charge on any atom is -0.508 e. The molecule has 1 heterocycles. The van der Waals surface area contributed by atoms with Crippen molar-refractivity contribution in [3.8, 4) is 5.75 Å². The number of anilines is 1. The lowest BCUT2D eigenvalue weighted by atomic mass is 10.1. The van der Waals surface area contributed by atoms with Gasteiger partial charge in [0.1, 0.15) is 5.75 Å². The predicted octanol–water partition coefficient (Wildman–Crippen LogP) is 1.96. The van der Waals surface area contributed by atoms with Crippen molar-refractivity contribution in [2.75, 3.05) is 18.0 Å². The summed E-state index contributed by atoms with van der Waals surface area (Å²) in [4.78, 5) is 12.7. The molecule has 86 valence electrons. The van der Waals surface area contributed by atoms with Crippen LogP contribution in [0.1, 0.15) is 6.42 Å². The number of benzene rings is 1. The highest BCUT2D eigenvalue weighted by Gasteiger charge is 2.28. The van der Waals surface area contributed by atoms with Crippen LogP contribution in [0.2, 0.25) is 5.02 Å². The number of phenols is 1. The van der Waals surface area contributed by atoms with E-state index in [2.05, 4.69) is 0 Å². The number of phenolic OH excluding ortho intramolecular Hbond substituents is 1. The third-order valence-corrected chi connectivity index (χ3v) is 2.99. The molecule has 1 aliphatic rings. The SMILES string of the molecule is O=C(O)C1CCN(c2cc(O)cc(Cl)c2)C1. The first-order valence-corrected chi connectivity index (χ1v) is 5.41. The molecule has 5 heteroatoms. The lowest BCUT2D eigenvalue weighted by Gasteiger charge is -2.18. The number of carbonyl (C=O) groups is 1. The average Bonchev–Trinajstić information content (AvgIpc) is 2.64. The normalized spacial score (nSPS) is 20.1. The van der Waals surface area contributed by atoms with Gasteiger partial charge in [-0.3, -0.25) is 4.79 Å². The molecule has 0 bridgehead atoms. The molecule has 1 aromatic carbocycles. The van der Waals surface area contributed by atoms with Gasteiger partial charge in [0, 0.05) is 29.9 Å². The first kappa shape index (κ1) is 11.1. The molecule has 1 saturated heterocycles. The van der Waals surface area contributed by atoms with Gasteiger partial charge in [0.25, 0.3) is 0 Å². The van der Waals surface area contributed by atoms with Crippen LogP contribution in [0.3, 0.4) is 0 Å². The number of halogens is 1. The topological polar surface area (TPSA) is 60.8 Å². The van der Waals surface area contributed by atoms with E-state index in [1.165, 1.54) is 6.07 Å². The van der Waals surface area contributed by atoms with Gasteiger partial charge in [0.2, 0.25) is 0 Å². The third-order valence-electron chi connectivity index (χ3n) is 2.77. The smallest absolute Gasteiger partial charge is 0.308 e. The molecule has 1 aromatic rings. The summed E-state index contributed by atoms with van der Waals surface area (Å²) in [6.45, 7) is 1.14. The molecule has 1 fully saturated rings. The van der Waals surface area contributed by atoms with Crippen LogP contribution in [0, 0.1) is 5.92 Å². The van der Waals surface area contributed by atoms with Gasteiger partial charge >= 0.3 is 5.97 Å². The van der Waals surface area contributed by atoms with Crippen molar-refractivity contribution in [1.29, 1.82) is 0 Å². The summed E-state index contributed by atoms with van der Waals surface area (Å²) in [7, 11) is 0. The fraction of sp³-hybridized carbons (Fsp3) is 0.364. The zero-order valence-corrected chi connectivity index (χ0v) is 9.31. The molecule has 1 aliphatic heterocycles. The van der Waals surface area contributed by atoms with Crippen molar-refractivity contribution in [2.45, 2.75) is 6.42 Å². The Bertz CT molecular complexity index is 401. The minimum atomic E-state index is -0.770. The van der Waals surface area contributed by atoms with Crippen LogP contribution in [-0.2, 0) is 4.79 Å². The van der Waals surface area contributed by atoms with E-state index in [4.69, 9.17) is 16.7 Å². The number of rotatable bonds is 2. The van der Waals surface area contributed by atoms with Crippen LogP contribution in [0.25, 0.3) is 0 Å². The number of hydrogen-bond donors (Lipinski definition) is 2. The van der Waals surface area contributed by atoms with Gasteiger partial charge in [-0.25, -0.2) is 0 Å². The minimum absolute atomic E-state index is 0.0984. The largest absolute Gasteiger partial charge is 0.508 e. The van der Waals surface area contributed by atoms with Gasteiger partial charge in [0.05, 0.1) is 5.92 Å². The Morgan fingerprint density at radius 3 is 2.75 bits per heavy atom. The Hall–Kier alpha value is -1.42. The van der Waals surface area contributed by atoms with E-state index >= 15 is 0 Å². The van der Waals surface area contributed by atoms with Crippen molar-refractivity contribution in [2.24, 2.45) is 5.92 Å². The molecule has 0 spiro atoms. The fourth-order valence-electron chi connectivity index (χ4n) is 1.94. The van der Waals surface area contributed by atoms with E-state index in [0.717, 1.165) is 5.69 Å². The average molecular weight is 242 g/mol. The molecular formula is C11H12ClNO3. The first-order valence-electron chi connectivity index (χ1n) is 5.03. The molecule has 2 N–H and O–H groups in total. The molecule has 4 nitrogen and oxygen atoms in total. The maximum atomic E-state index is 10.8. The third kappa shape index (κ3) is 2.22. The number of aliphatic carboxylic acids is 1. The Kier molecular flexibility index (Phi) is 2.92. The molecular weight excluding hydrogens is 230 g/mol. The Morgan fingerprint density at radius 1 is 1.44 bits per heavy atom. The van der Waals surface area contributed by atoms with E-state index < -0.39 is 5.97 Å². The second-order valence-corrected chi connectivity index (χ2v) is 4.37. The highest BCUT2D eigenvalue weighted by Crippen LogP contribution is 2.29. The van der Waals surface area contributed by atoms with Crippen molar-refractivity contribution in [3.63, 3.8) is 0 Å². The van der Waals surface area contributed by atoms with Gasteiger partial charge in [0.15, 0.2) is 0 Å². The summed E-state index contributed by atoms with van der Waals surface area (Å²) in [6.07, 6.45) is 0.628. The number of nitrogens with zero attached hydrogens (tertiary/aromatic N) is 1. The van der Waals surface area contributed by atoms with E-state index in [9.17, 15) is 9.90 Å². The van der Waals surface area contributed by atoms with Crippen LogP contribution < -0.4 is 4.90 Å². The second-order valence-electron chi connectivity index (χ2n) is 3.94. The van der Waals surface area contributed by atoms with E-state index in [0.29, 0.717) is 24.5 Å². The summed E-state index contributed by atoms with van der Waals surface area (Å²) in [5, 5.41) is 18.7. The summed E-state index contributed by atoms with van der Waals surface area (Å²) in [5.74, 6) is -1.00. The second kappa shape index (κ2) is 4.22. The molecule has 0 radical (unpaired) electrons. The number of aromatic hydroxyl groups is 1. The van der Waals surface area contributed by atoms with Gasteiger partial charge in [-0.15, -0.1) is 0 Å². The molecule has 16 heavy (non-hydrogen) atoms. The molecule has 0 saturated carbocycles. The number of carboxylic acid groups (broad SMARTS) is 1. The van der Waals surface area contributed by atoms with Crippen LogP contribution in [0.15, 0.2) is 18.2 Å². The van der Waals surface area contributed by atoms with Crippen molar-refractivity contribution in [3.05, 3.63) is 23.2 Å². The van der Waals surface area contributed by atoms with E-state index in [-0.39, 0.29) is 11.7 Å². The highest BCUT2D eigenvalue weighted by molar-refractivity contribution is 6.31. The zero-order valence-electron chi connectivity index (χ0n) is 8.56. The van der Waals surface area contributed by atoms with Crippen LogP contribution in [-0.4, -0.2) is 29.3 Å². The standard InChI is InChI=1S/C11H12ClNO3/c12-8-3-9(5-10(14)4-8)13-2-1-7(6-13)11(15)16/h3-5,7,14H,1-2,6H2,(H,15,16). The molecule has 0 aromatic heterocycles. The van der Waals surface area contributed by atoms with E-state index in [1.54, 1.807) is 12.1 Å². The highest BCUT2D eigenvalue weighted by atomic mass is 35.5.